The van der Waals surface area contributed by atoms with Gasteiger partial charge >= 0.3 is 0 Å². The molecule has 0 spiro atoms. The Morgan fingerprint density at radius 1 is 1.56 bits per heavy atom. The Morgan fingerprint density at radius 3 is 3.06 bits per heavy atom. The molecule has 2 nitrogen and oxygen atoms in total. The molecule has 0 aliphatic carbocycles. The third kappa shape index (κ3) is 2.77. The van der Waals surface area contributed by atoms with Crippen LogP contribution in [0.4, 0.5) is 0 Å². The molecule has 2 heterocycles. The summed E-state index contributed by atoms with van der Waals surface area (Å²) in [6.45, 7) is 5.31. The number of aromatic nitrogens is 1. The average Bonchev–Trinajstić information content (AvgIpc) is 2.79. The molecule has 0 amide bonds. The van der Waals surface area contributed by atoms with E-state index in [2.05, 4.69) is 42.0 Å². The van der Waals surface area contributed by atoms with Gasteiger partial charge in [0.15, 0.2) is 0 Å². The van der Waals surface area contributed by atoms with Gasteiger partial charge in [0.25, 0.3) is 0 Å². The van der Waals surface area contributed by atoms with Crippen LogP contribution >= 0.6 is 11.8 Å². The standard InChI is InChI=1S/C13H20N2S/c1-3-15-13(12-5-4-6-16-12)11-7-10(2)8-14-9-11/h7-9,12-13,15H,3-6H2,1-2H3. The number of nitrogens with one attached hydrogen (secondary N) is 1. The molecule has 2 rings (SSSR count). The van der Waals surface area contributed by atoms with E-state index in [1.165, 1.54) is 29.7 Å². The molecule has 0 radical (unpaired) electrons. The number of hydrogen-bond donors (Lipinski definition) is 1. The van der Waals surface area contributed by atoms with Crippen LogP contribution in [0.2, 0.25) is 0 Å². The summed E-state index contributed by atoms with van der Waals surface area (Å²) < 4.78 is 0. The zero-order valence-electron chi connectivity index (χ0n) is 10.1. The van der Waals surface area contributed by atoms with E-state index >= 15 is 0 Å². The van der Waals surface area contributed by atoms with Crippen LogP contribution in [0.5, 0.6) is 0 Å². The Morgan fingerprint density at radius 2 is 2.44 bits per heavy atom. The van der Waals surface area contributed by atoms with Crippen molar-refractivity contribution in [3.05, 3.63) is 29.6 Å². The molecule has 16 heavy (non-hydrogen) atoms. The van der Waals surface area contributed by atoms with Crippen molar-refractivity contribution < 1.29 is 0 Å². The summed E-state index contributed by atoms with van der Waals surface area (Å²) in [5.41, 5.74) is 2.60. The van der Waals surface area contributed by atoms with Gasteiger partial charge in [-0.1, -0.05) is 13.0 Å². The largest absolute Gasteiger partial charge is 0.309 e. The predicted molar refractivity (Wildman–Crippen MR) is 70.9 cm³/mol. The van der Waals surface area contributed by atoms with E-state index in [1.807, 2.05) is 12.4 Å². The molecule has 3 heteroatoms. The summed E-state index contributed by atoms with van der Waals surface area (Å²) in [4.78, 5) is 4.31. The van der Waals surface area contributed by atoms with Crippen molar-refractivity contribution in [1.82, 2.24) is 10.3 Å². The zero-order valence-corrected chi connectivity index (χ0v) is 10.9. The average molecular weight is 236 g/mol. The van der Waals surface area contributed by atoms with Gasteiger partial charge in [-0.2, -0.15) is 11.8 Å². The molecule has 1 aliphatic heterocycles. The number of pyridine rings is 1. The van der Waals surface area contributed by atoms with Gasteiger partial charge in [-0.3, -0.25) is 4.98 Å². The molecule has 2 unspecified atom stereocenters. The topological polar surface area (TPSA) is 24.9 Å². The van der Waals surface area contributed by atoms with Gasteiger partial charge in [-0.05, 0) is 43.2 Å². The molecule has 0 saturated carbocycles. The summed E-state index contributed by atoms with van der Waals surface area (Å²) >= 11 is 2.10. The third-order valence-electron chi connectivity index (χ3n) is 3.02. The van der Waals surface area contributed by atoms with Gasteiger partial charge in [-0.15, -0.1) is 0 Å². The maximum Gasteiger partial charge on any atom is 0.0455 e. The van der Waals surface area contributed by atoms with E-state index in [0.29, 0.717) is 6.04 Å². The fraction of sp³-hybridized carbons (Fsp3) is 0.615. The van der Waals surface area contributed by atoms with Crippen LogP contribution in [0.3, 0.4) is 0 Å². The Balaban J connectivity index is 2.17. The summed E-state index contributed by atoms with van der Waals surface area (Å²) in [5, 5.41) is 4.33. The smallest absolute Gasteiger partial charge is 0.0455 e. The van der Waals surface area contributed by atoms with Gasteiger partial charge < -0.3 is 5.32 Å². The van der Waals surface area contributed by atoms with Crippen molar-refractivity contribution in [2.24, 2.45) is 0 Å². The lowest BCUT2D eigenvalue weighted by molar-refractivity contribution is 0.517. The maximum absolute atomic E-state index is 4.31. The van der Waals surface area contributed by atoms with Crippen molar-refractivity contribution in [3.63, 3.8) is 0 Å². The first kappa shape index (κ1) is 11.9. The van der Waals surface area contributed by atoms with Crippen molar-refractivity contribution in [2.75, 3.05) is 12.3 Å². The lowest BCUT2D eigenvalue weighted by atomic mass is 10.0. The minimum atomic E-state index is 0.477. The summed E-state index contributed by atoms with van der Waals surface area (Å²) in [6.07, 6.45) is 6.63. The molecule has 2 atom stereocenters. The highest BCUT2D eigenvalue weighted by Crippen LogP contribution is 2.35. The van der Waals surface area contributed by atoms with E-state index in [4.69, 9.17) is 0 Å². The van der Waals surface area contributed by atoms with Gasteiger partial charge in [0.2, 0.25) is 0 Å². The van der Waals surface area contributed by atoms with Crippen molar-refractivity contribution >= 4 is 11.8 Å². The summed E-state index contributed by atoms with van der Waals surface area (Å²) in [7, 11) is 0. The highest BCUT2D eigenvalue weighted by Gasteiger charge is 2.26. The quantitative estimate of drug-likeness (QED) is 0.870. The van der Waals surface area contributed by atoms with Gasteiger partial charge in [0, 0.05) is 23.7 Å². The van der Waals surface area contributed by atoms with Crippen LogP contribution < -0.4 is 5.32 Å². The monoisotopic (exact) mass is 236 g/mol. The second kappa shape index (κ2) is 5.69. The Labute approximate surface area is 102 Å². The Bertz CT molecular complexity index is 334. The molecule has 1 aromatic rings. The molecule has 1 fully saturated rings. The third-order valence-corrected chi connectivity index (χ3v) is 4.48. The van der Waals surface area contributed by atoms with Crippen molar-refractivity contribution in [1.29, 1.82) is 0 Å². The van der Waals surface area contributed by atoms with E-state index < -0.39 is 0 Å². The molecule has 0 aromatic carbocycles. The second-order valence-electron chi connectivity index (χ2n) is 4.38. The van der Waals surface area contributed by atoms with Crippen LogP contribution in [-0.2, 0) is 0 Å². The van der Waals surface area contributed by atoms with Gasteiger partial charge in [-0.25, -0.2) is 0 Å². The fourth-order valence-electron chi connectivity index (χ4n) is 2.30. The first-order chi connectivity index (χ1) is 7.81. The normalized spacial score (nSPS) is 22.2. The first-order valence-corrected chi connectivity index (χ1v) is 7.12. The zero-order chi connectivity index (χ0) is 11.4. The maximum atomic E-state index is 4.31. The molecular formula is C13H20N2S. The van der Waals surface area contributed by atoms with Crippen LogP contribution in [0, 0.1) is 6.92 Å². The molecule has 1 N–H and O–H groups in total. The van der Waals surface area contributed by atoms with E-state index in [0.717, 1.165) is 11.8 Å². The summed E-state index contributed by atoms with van der Waals surface area (Å²) in [6, 6.07) is 2.74. The lowest BCUT2D eigenvalue weighted by Crippen LogP contribution is -2.29. The minimum Gasteiger partial charge on any atom is -0.309 e. The summed E-state index contributed by atoms with van der Waals surface area (Å²) in [5.74, 6) is 1.31. The van der Waals surface area contributed by atoms with Crippen LogP contribution in [-0.4, -0.2) is 22.5 Å². The number of thioether (sulfide) groups is 1. The number of hydrogen-bond acceptors (Lipinski definition) is 3. The Kier molecular flexibility index (Phi) is 4.24. The van der Waals surface area contributed by atoms with E-state index in [1.54, 1.807) is 0 Å². The highest BCUT2D eigenvalue weighted by atomic mass is 32.2. The molecule has 0 bridgehead atoms. The van der Waals surface area contributed by atoms with Crippen LogP contribution in [0.15, 0.2) is 18.5 Å². The molecular weight excluding hydrogens is 216 g/mol. The van der Waals surface area contributed by atoms with Crippen LogP contribution in [0.1, 0.15) is 36.9 Å². The molecule has 88 valence electrons. The Hall–Kier alpha value is -0.540. The number of rotatable bonds is 4. The van der Waals surface area contributed by atoms with Crippen molar-refractivity contribution in [2.45, 2.75) is 38.0 Å². The molecule has 1 aliphatic rings. The SMILES string of the molecule is CCNC(c1cncc(C)c1)C1CCCS1. The molecule has 1 aromatic heterocycles. The van der Waals surface area contributed by atoms with Crippen LogP contribution in [0.25, 0.3) is 0 Å². The highest BCUT2D eigenvalue weighted by molar-refractivity contribution is 8.00. The predicted octanol–water partition coefficient (Wildman–Crippen LogP) is 2.94. The number of nitrogens with zero attached hydrogens (tertiary/aromatic N) is 1. The van der Waals surface area contributed by atoms with Gasteiger partial charge in [0.1, 0.15) is 0 Å². The van der Waals surface area contributed by atoms with E-state index in [-0.39, 0.29) is 0 Å². The lowest BCUT2D eigenvalue weighted by Gasteiger charge is -2.24. The molecule has 1 saturated heterocycles. The second-order valence-corrected chi connectivity index (χ2v) is 5.73. The number of aryl methyl sites for hydroxylation is 1. The fourth-order valence-corrected chi connectivity index (χ4v) is 3.71. The van der Waals surface area contributed by atoms with Gasteiger partial charge in [0.05, 0.1) is 0 Å². The minimum absolute atomic E-state index is 0.477. The first-order valence-electron chi connectivity index (χ1n) is 6.08. The van der Waals surface area contributed by atoms with E-state index in [9.17, 15) is 0 Å². The van der Waals surface area contributed by atoms with Crippen molar-refractivity contribution in [3.8, 4) is 0 Å².